The lowest BCUT2D eigenvalue weighted by molar-refractivity contribution is -0.135. The number of ether oxygens (including phenoxy) is 2. The fraction of sp³-hybridized carbons (Fsp3) is 0.412. The van der Waals surface area contributed by atoms with Crippen LogP contribution >= 0.6 is 0 Å². The summed E-state index contributed by atoms with van der Waals surface area (Å²) in [6, 6.07) is 17.8. The molecule has 3 heterocycles. The summed E-state index contributed by atoms with van der Waals surface area (Å²) in [6.45, 7) is 12.7. The average molecular weight is 554 g/mol. The summed E-state index contributed by atoms with van der Waals surface area (Å²) in [5.74, 6) is 0.971. The number of carbonyl (C=O) groups is 2. The van der Waals surface area contributed by atoms with Crippen molar-refractivity contribution in [3.05, 3.63) is 88.0 Å². The summed E-state index contributed by atoms with van der Waals surface area (Å²) in [5, 5.41) is 0. The molecule has 3 aromatic carbocycles. The summed E-state index contributed by atoms with van der Waals surface area (Å²) < 4.78 is 11.9. The number of fused-ring (bicyclic) bond motifs is 4. The van der Waals surface area contributed by atoms with Gasteiger partial charge < -0.3 is 24.2 Å². The molecule has 0 N–H and O–H groups in total. The molecule has 1 fully saturated rings. The van der Waals surface area contributed by atoms with E-state index in [2.05, 4.69) is 43.0 Å². The third-order valence-electron chi connectivity index (χ3n) is 8.96. The van der Waals surface area contributed by atoms with Gasteiger partial charge in [0.1, 0.15) is 0 Å². The van der Waals surface area contributed by atoms with Crippen LogP contribution in [0.4, 0.5) is 5.69 Å². The summed E-state index contributed by atoms with van der Waals surface area (Å²) in [7, 11) is 0. The highest BCUT2D eigenvalue weighted by Gasteiger charge is 2.48. The van der Waals surface area contributed by atoms with Crippen molar-refractivity contribution in [3.8, 4) is 11.5 Å². The van der Waals surface area contributed by atoms with Crippen LogP contribution in [0.25, 0.3) is 0 Å². The van der Waals surface area contributed by atoms with Crippen LogP contribution in [0.3, 0.4) is 0 Å². The molecule has 2 amide bonds. The Bertz CT molecular complexity index is 1480. The molecule has 1 saturated heterocycles. The van der Waals surface area contributed by atoms with E-state index in [1.807, 2.05) is 54.0 Å². The Morgan fingerprint density at radius 2 is 1.56 bits per heavy atom. The number of aryl methyl sites for hydroxylation is 1. The second-order valence-electron chi connectivity index (χ2n) is 11.2. The van der Waals surface area contributed by atoms with Gasteiger partial charge in [-0.1, -0.05) is 30.3 Å². The van der Waals surface area contributed by atoms with E-state index in [4.69, 9.17) is 9.47 Å². The summed E-state index contributed by atoms with van der Waals surface area (Å²) in [6.07, 6.45) is 0.710. The zero-order valence-corrected chi connectivity index (χ0v) is 24.5. The number of hydrogen-bond acceptors (Lipinski definition) is 5. The van der Waals surface area contributed by atoms with Crippen molar-refractivity contribution >= 4 is 17.5 Å². The third kappa shape index (κ3) is 4.71. The van der Waals surface area contributed by atoms with E-state index in [0.717, 1.165) is 35.5 Å². The minimum absolute atomic E-state index is 0.00751. The molecule has 0 bridgehead atoms. The number of nitrogens with zero attached hydrogens (tertiary/aromatic N) is 3. The van der Waals surface area contributed by atoms with Gasteiger partial charge in [-0.2, -0.15) is 0 Å². The summed E-state index contributed by atoms with van der Waals surface area (Å²) in [4.78, 5) is 34.6. The maximum Gasteiger partial charge on any atom is 0.254 e. The smallest absolute Gasteiger partial charge is 0.254 e. The highest BCUT2D eigenvalue weighted by atomic mass is 16.5. The molecular weight excluding hydrogens is 514 g/mol. The van der Waals surface area contributed by atoms with Gasteiger partial charge in [0.05, 0.1) is 25.2 Å². The van der Waals surface area contributed by atoms with Crippen molar-refractivity contribution < 1.29 is 19.1 Å². The van der Waals surface area contributed by atoms with Crippen molar-refractivity contribution in [2.75, 3.05) is 50.8 Å². The number of anilines is 1. The molecule has 2 atom stereocenters. The molecule has 0 unspecified atom stereocenters. The maximum atomic E-state index is 14.5. The van der Waals surface area contributed by atoms with E-state index in [9.17, 15) is 9.59 Å². The standard InChI is InChI=1S/C34H39N3O4/c1-5-40-29-20-24-14-15-37-32(27(24)21-30(29)41-6-2)31(25-11-7-8-12-26(25)33(37)38)34(39)36-18-16-35(17-19-36)28-13-9-10-22(3)23(28)4/h7-13,20-21,31-32H,5-6,14-19H2,1-4H3/t31-,32+/m0/s1. The Balaban J connectivity index is 1.36. The van der Waals surface area contributed by atoms with Crippen molar-refractivity contribution in [2.45, 2.75) is 46.1 Å². The molecule has 3 aliphatic rings. The summed E-state index contributed by atoms with van der Waals surface area (Å²) in [5.41, 5.74) is 7.36. The van der Waals surface area contributed by atoms with Crippen LogP contribution in [-0.2, 0) is 11.2 Å². The first kappa shape index (κ1) is 27.2. The molecular formula is C34H39N3O4. The van der Waals surface area contributed by atoms with E-state index >= 15 is 0 Å². The lowest BCUT2D eigenvalue weighted by atomic mass is 9.75. The molecule has 7 heteroatoms. The Morgan fingerprint density at radius 3 is 2.29 bits per heavy atom. The SMILES string of the molecule is CCOc1cc2c(cc1OCC)[C@@H]1[C@@H](C(=O)N3CCN(c4cccc(C)c4C)CC3)c3ccccc3C(=O)N1CC2. The van der Waals surface area contributed by atoms with Gasteiger partial charge in [-0.15, -0.1) is 0 Å². The van der Waals surface area contributed by atoms with Crippen LogP contribution in [-0.4, -0.2) is 67.6 Å². The van der Waals surface area contributed by atoms with Crippen LogP contribution < -0.4 is 14.4 Å². The van der Waals surface area contributed by atoms with Crippen molar-refractivity contribution in [1.29, 1.82) is 0 Å². The quantitative estimate of drug-likeness (QED) is 0.415. The lowest BCUT2D eigenvalue weighted by Crippen LogP contribution is -2.54. The van der Waals surface area contributed by atoms with Crippen molar-refractivity contribution in [1.82, 2.24) is 9.80 Å². The first-order chi connectivity index (χ1) is 19.9. The van der Waals surface area contributed by atoms with E-state index in [1.165, 1.54) is 16.8 Å². The number of hydrogen-bond donors (Lipinski definition) is 0. The molecule has 0 aliphatic carbocycles. The van der Waals surface area contributed by atoms with Crippen LogP contribution in [0.5, 0.6) is 11.5 Å². The minimum atomic E-state index is -0.484. The van der Waals surface area contributed by atoms with Gasteiger partial charge in [0, 0.05) is 44.0 Å². The second-order valence-corrected chi connectivity index (χ2v) is 11.2. The van der Waals surface area contributed by atoms with E-state index in [-0.39, 0.29) is 17.9 Å². The number of piperazine rings is 1. The van der Waals surface area contributed by atoms with Gasteiger partial charge in [-0.25, -0.2) is 0 Å². The van der Waals surface area contributed by atoms with Gasteiger partial charge in [-0.05, 0) is 86.2 Å². The Labute approximate surface area is 242 Å². The fourth-order valence-electron chi connectivity index (χ4n) is 6.78. The predicted molar refractivity (Wildman–Crippen MR) is 160 cm³/mol. The van der Waals surface area contributed by atoms with E-state index in [0.29, 0.717) is 50.6 Å². The Morgan fingerprint density at radius 1 is 0.854 bits per heavy atom. The molecule has 0 saturated carbocycles. The van der Waals surface area contributed by atoms with Gasteiger partial charge >= 0.3 is 0 Å². The monoisotopic (exact) mass is 553 g/mol. The zero-order valence-electron chi connectivity index (χ0n) is 24.5. The molecule has 3 aromatic rings. The van der Waals surface area contributed by atoms with Crippen LogP contribution in [0.15, 0.2) is 54.6 Å². The van der Waals surface area contributed by atoms with Gasteiger partial charge in [0.15, 0.2) is 11.5 Å². The predicted octanol–water partition coefficient (Wildman–Crippen LogP) is 5.29. The average Bonchev–Trinajstić information content (AvgIpc) is 2.99. The van der Waals surface area contributed by atoms with Crippen LogP contribution in [0, 0.1) is 13.8 Å². The zero-order chi connectivity index (χ0) is 28.7. The molecule has 0 radical (unpaired) electrons. The second kappa shape index (κ2) is 11.1. The van der Waals surface area contributed by atoms with Gasteiger partial charge in [0.2, 0.25) is 5.91 Å². The Kier molecular flexibility index (Phi) is 7.37. The largest absolute Gasteiger partial charge is 0.490 e. The Hall–Kier alpha value is -4.00. The normalized spacial score (nSPS) is 19.8. The third-order valence-corrected chi connectivity index (χ3v) is 8.96. The van der Waals surface area contributed by atoms with Crippen molar-refractivity contribution in [2.24, 2.45) is 0 Å². The number of rotatable bonds is 6. The highest BCUT2D eigenvalue weighted by Crippen LogP contribution is 2.49. The van der Waals surface area contributed by atoms with E-state index in [1.54, 1.807) is 0 Å². The minimum Gasteiger partial charge on any atom is -0.490 e. The lowest BCUT2D eigenvalue weighted by Gasteiger charge is -2.47. The van der Waals surface area contributed by atoms with Gasteiger partial charge in [0.25, 0.3) is 5.91 Å². The highest BCUT2D eigenvalue weighted by molar-refractivity contribution is 6.01. The van der Waals surface area contributed by atoms with E-state index < -0.39 is 5.92 Å². The molecule has 7 nitrogen and oxygen atoms in total. The fourth-order valence-corrected chi connectivity index (χ4v) is 6.78. The number of carbonyl (C=O) groups excluding carboxylic acids is 2. The maximum absolute atomic E-state index is 14.5. The topological polar surface area (TPSA) is 62.3 Å². The first-order valence-corrected chi connectivity index (χ1v) is 14.8. The van der Waals surface area contributed by atoms with Crippen LogP contribution in [0.1, 0.15) is 64.0 Å². The summed E-state index contributed by atoms with van der Waals surface area (Å²) >= 11 is 0. The number of benzene rings is 3. The molecule has 3 aliphatic heterocycles. The number of amides is 2. The van der Waals surface area contributed by atoms with Gasteiger partial charge in [-0.3, -0.25) is 9.59 Å². The van der Waals surface area contributed by atoms with Crippen LogP contribution in [0.2, 0.25) is 0 Å². The molecule has 0 spiro atoms. The van der Waals surface area contributed by atoms with Crippen molar-refractivity contribution in [3.63, 3.8) is 0 Å². The molecule has 41 heavy (non-hydrogen) atoms. The molecule has 0 aromatic heterocycles. The molecule has 214 valence electrons. The first-order valence-electron chi connectivity index (χ1n) is 14.8. The molecule has 6 rings (SSSR count).